The number of ether oxygens (including phenoxy) is 1. The van der Waals surface area contributed by atoms with Gasteiger partial charge in [0.1, 0.15) is 5.82 Å². The molecule has 1 N–H and O–H groups in total. The molecule has 0 aliphatic rings. The van der Waals surface area contributed by atoms with E-state index < -0.39 is 11.6 Å². The van der Waals surface area contributed by atoms with Gasteiger partial charge >= 0.3 is 0 Å². The van der Waals surface area contributed by atoms with E-state index in [9.17, 15) is 13.6 Å². The Labute approximate surface area is 104 Å². The first-order chi connectivity index (χ1) is 8.63. The quantitative estimate of drug-likeness (QED) is 0.626. The molecule has 0 aliphatic heterocycles. The Bertz CT molecular complexity index is 433. The highest BCUT2D eigenvalue weighted by Crippen LogP contribution is 2.17. The van der Waals surface area contributed by atoms with Crippen LogP contribution in [0.4, 0.5) is 8.78 Å². The molecule has 0 aromatic heterocycles. The third kappa shape index (κ3) is 4.95. The van der Waals surface area contributed by atoms with Crippen molar-refractivity contribution in [2.24, 2.45) is 0 Å². The van der Waals surface area contributed by atoms with Gasteiger partial charge in [-0.1, -0.05) is 12.2 Å². The van der Waals surface area contributed by atoms with E-state index >= 15 is 0 Å². The van der Waals surface area contributed by atoms with Crippen molar-refractivity contribution < 1.29 is 18.3 Å². The zero-order chi connectivity index (χ0) is 13.4. The second-order valence-corrected chi connectivity index (χ2v) is 3.57. The summed E-state index contributed by atoms with van der Waals surface area (Å²) in [5.41, 5.74) is 0. The van der Waals surface area contributed by atoms with Gasteiger partial charge in [-0.15, -0.1) is 0 Å². The van der Waals surface area contributed by atoms with Crippen LogP contribution in [-0.4, -0.2) is 19.1 Å². The summed E-state index contributed by atoms with van der Waals surface area (Å²) >= 11 is 0. The molecule has 0 saturated carbocycles. The van der Waals surface area contributed by atoms with Gasteiger partial charge in [0.25, 0.3) is 5.91 Å². The number of hydrogen-bond donors (Lipinski definition) is 1. The predicted octanol–water partition coefficient (Wildman–Crippen LogP) is 2.43. The second kappa shape index (κ2) is 7.42. The minimum atomic E-state index is -0.822. The summed E-state index contributed by atoms with van der Waals surface area (Å²) in [5.74, 6) is -1.99. The highest BCUT2D eigenvalue weighted by atomic mass is 19.1. The fourth-order valence-electron chi connectivity index (χ4n) is 1.25. The molecule has 0 fully saturated rings. The van der Waals surface area contributed by atoms with Crippen LogP contribution >= 0.6 is 0 Å². The van der Waals surface area contributed by atoms with Gasteiger partial charge in [0.15, 0.2) is 18.2 Å². The number of rotatable bonds is 6. The zero-order valence-corrected chi connectivity index (χ0v) is 10.1. The maximum Gasteiger partial charge on any atom is 0.257 e. The van der Waals surface area contributed by atoms with Crippen molar-refractivity contribution >= 4 is 5.91 Å². The van der Waals surface area contributed by atoms with Crippen LogP contribution in [0.15, 0.2) is 30.4 Å². The van der Waals surface area contributed by atoms with E-state index in [-0.39, 0.29) is 18.3 Å². The van der Waals surface area contributed by atoms with Crippen LogP contribution in [0.3, 0.4) is 0 Å². The lowest BCUT2D eigenvalue weighted by Gasteiger charge is -2.07. The summed E-state index contributed by atoms with van der Waals surface area (Å²) in [6.45, 7) is 2.10. The maximum atomic E-state index is 13.1. The molecule has 98 valence electrons. The van der Waals surface area contributed by atoms with Gasteiger partial charge in [-0.05, 0) is 25.5 Å². The van der Waals surface area contributed by atoms with Crippen LogP contribution in [0.5, 0.6) is 5.75 Å². The molecule has 0 heterocycles. The van der Waals surface area contributed by atoms with Crippen molar-refractivity contribution in [3.05, 3.63) is 42.0 Å². The van der Waals surface area contributed by atoms with Gasteiger partial charge < -0.3 is 10.1 Å². The van der Waals surface area contributed by atoms with Crippen molar-refractivity contribution in [2.75, 3.05) is 13.2 Å². The zero-order valence-electron chi connectivity index (χ0n) is 10.1. The molecule has 1 aromatic carbocycles. The van der Waals surface area contributed by atoms with Gasteiger partial charge in [0.05, 0.1) is 0 Å². The van der Waals surface area contributed by atoms with E-state index in [0.717, 1.165) is 18.6 Å². The Kier molecular flexibility index (Phi) is 5.84. The normalized spacial score (nSPS) is 10.6. The molecule has 3 nitrogen and oxygen atoms in total. The van der Waals surface area contributed by atoms with E-state index in [1.54, 1.807) is 0 Å². The number of nitrogens with one attached hydrogen (secondary N) is 1. The van der Waals surface area contributed by atoms with Gasteiger partial charge in [-0.3, -0.25) is 4.79 Å². The van der Waals surface area contributed by atoms with E-state index in [2.05, 4.69) is 5.32 Å². The Morgan fingerprint density at radius 1 is 1.44 bits per heavy atom. The molecule has 5 heteroatoms. The smallest absolute Gasteiger partial charge is 0.257 e. The topological polar surface area (TPSA) is 38.3 Å². The van der Waals surface area contributed by atoms with E-state index in [1.807, 2.05) is 19.1 Å². The maximum absolute atomic E-state index is 13.1. The summed E-state index contributed by atoms with van der Waals surface area (Å²) in [6.07, 6.45) is 4.53. The molecule has 0 unspecified atom stereocenters. The summed E-state index contributed by atoms with van der Waals surface area (Å²) in [6, 6.07) is 2.93. The van der Waals surface area contributed by atoms with Gasteiger partial charge in [0, 0.05) is 12.6 Å². The van der Waals surface area contributed by atoms with Crippen LogP contribution in [0.25, 0.3) is 0 Å². The number of amides is 1. The molecular formula is C13H15F2NO2. The molecular weight excluding hydrogens is 240 g/mol. The minimum Gasteiger partial charge on any atom is -0.481 e. The van der Waals surface area contributed by atoms with Gasteiger partial charge in [0.2, 0.25) is 0 Å². The molecule has 0 atom stereocenters. The molecule has 1 amide bonds. The number of carbonyl (C=O) groups excluding carboxylic acids is 1. The lowest BCUT2D eigenvalue weighted by Crippen LogP contribution is -2.29. The van der Waals surface area contributed by atoms with Crippen LogP contribution < -0.4 is 10.1 Å². The first kappa shape index (κ1) is 14.2. The predicted molar refractivity (Wildman–Crippen MR) is 64.3 cm³/mol. The first-order valence-corrected chi connectivity index (χ1v) is 5.59. The first-order valence-electron chi connectivity index (χ1n) is 5.59. The average Bonchev–Trinajstić information content (AvgIpc) is 2.33. The Hall–Kier alpha value is -1.91. The van der Waals surface area contributed by atoms with Gasteiger partial charge in [-0.25, -0.2) is 8.78 Å². The third-order valence-corrected chi connectivity index (χ3v) is 2.12. The number of halogens is 2. The fraction of sp³-hybridized carbons (Fsp3) is 0.308. The lowest BCUT2D eigenvalue weighted by molar-refractivity contribution is -0.123. The lowest BCUT2D eigenvalue weighted by atomic mass is 10.3. The SMILES string of the molecule is C/C=C/CCNC(=O)COc1ccc(F)cc1F. The Morgan fingerprint density at radius 2 is 2.22 bits per heavy atom. The van der Waals surface area contributed by atoms with Crippen molar-refractivity contribution in [3.8, 4) is 5.75 Å². The van der Waals surface area contributed by atoms with Crippen molar-refractivity contribution in [1.29, 1.82) is 0 Å². The highest BCUT2D eigenvalue weighted by molar-refractivity contribution is 5.77. The van der Waals surface area contributed by atoms with Crippen molar-refractivity contribution in [1.82, 2.24) is 5.32 Å². The van der Waals surface area contributed by atoms with Gasteiger partial charge in [-0.2, -0.15) is 0 Å². The summed E-state index contributed by atoms with van der Waals surface area (Å²) in [7, 11) is 0. The number of carbonyl (C=O) groups is 1. The average molecular weight is 255 g/mol. The largest absolute Gasteiger partial charge is 0.481 e. The molecule has 0 spiro atoms. The third-order valence-electron chi connectivity index (χ3n) is 2.12. The highest BCUT2D eigenvalue weighted by Gasteiger charge is 2.07. The molecule has 0 saturated heterocycles. The molecule has 18 heavy (non-hydrogen) atoms. The van der Waals surface area contributed by atoms with Crippen molar-refractivity contribution in [3.63, 3.8) is 0 Å². The number of allylic oxidation sites excluding steroid dienone is 1. The van der Waals surface area contributed by atoms with E-state index in [4.69, 9.17) is 4.74 Å². The minimum absolute atomic E-state index is 0.139. The standard InChI is InChI=1S/C13H15F2NO2/c1-2-3-4-7-16-13(17)9-18-12-6-5-10(14)8-11(12)15/h2-3,5-6,8H,4,7,9H2,1H3,(H,16,17)/b3-2+. The molecule has 0 aliphatic carbocycles. The fourth-order valence-corrected chi connectivity index (χ4v) is 1.25. The second-order valence-electron chi connectivity index (χ2n) is 3.57. The summed E-state index contributed by atoms with van der Waals surface area (Å²) in [4.78, 5) is 11.3. The monoisotopic (exact) mass is 255 g/mol. The molecule has 0 radical (unpaired) electrons. The van der Waals surface area contributed by atoms with E-state index in [1.165, 1.54) is 0 Å². The summed E-state index contributed by atoms with van der Waals surface area (Å²) in [5, 5.41) is 2.61. The number of hydrogen-bond acceptors (Lipinski definition) is 2. The van der Waals surface area contributed by atoms with Crippen LogP contribution in [0.1, 0.15) is 13.3 Å². The van der Waals surface area contributed by atoms with E-state index in [0.29, 0.717) is 12.6 Å². The van der Waals surface area contributed by atoms with Crippen LogP contribution in [-0.2, 0) is 4.79 Å². The molecule has 1 rings (SSSR count). The number of benzene rings is 1. The molecule has 1 aromatic rings. The molecule has 0 bridgehead atoms. The summed E-state index contributed by atoms with van der Waals surface area (Å²) < 4.78 is 30.7. The Balaban J connectivity index is 2.33. The van der Waals surface area contributed by atoms with Crippen molar-refractivity contribution in [2.45, 2.75) is 13.3 Å². The van der Waals surface area contributed by atoms with Crippen LogP contribution in [0.2, 0.25) is 0 Å². The van der Waals surface area contributed by atoms with Crippen LogP contribution in [0, 0.1) is 11.6 Å². The Morgan fingerprint density at radius 3 is 2.89 bits per heavy atom.